The van der Waals surface area contributed by atoms with Gasteiger partial charge < -0.3 is 5.73 Å². The number of aromatic nitrogens is 1. The molecule has 0 bridgehead atoms. The molecular formula is C9H6F5N3. The van der Waals surface area contributed by atoms with E-state index >= 15 is 0 Å². The maximum Gasteiger partial charge on any atom is 0.433 e. The van der Waals surface area contributed by atoms with E-state index in [1.165, 1.54) is 6.07 Å². The van der Waals surface area contributed by atoms with E-state index < -0.39 is 30.4 Å². The third-order valence-electron chi connectivity index (χ3n) is 1.95. The van der Waals surface area contributed by atoms with Gasteiger partial charge in [0.15, 0.2) is 5.69 Å². The zero-order chi connectivity index (χ0) is 13.2. The number of nitrogens with two attached hydrogens (primary N) is 1. The molecule has 92 valence electrons. The third kappa shape index (κ3) is 2.68. The highest BCUT2D eigenvalue weighted by molar-refractivity contribution is 5.40. The van der Waals surface area contributed by atoms with Gasteiger partial charge in [-0.05, 0) is 6.07 Å². The molecule has 0 aliphatic carbocycles. The van der Waals surface area contributed by atoms with Crippen LogP contribution in [0.2, 0.25) is 0 Å². The average Bonchev–Trinajstić information content (AvgIpc) is 2.25. The minimum absolute atomic E-state index is 0.357. The Kier molecular flexibility index (Phi) is 3.63. The van der Waals surface area contributed by atoms with Crippen molar-refractivity contribution in [1.29, 1.82) is 5.26 Å². The van der Waals surface area contributed by atoms with Crippen LogP contribution in [0.25, 0.3) is 0 Å². The van der Waals surface area contributed by atoms with Crippen LogP contribution in [0.3, 0.4) is 0 Å². The molecule has 17 heavy (non-hydrogen) atoms. The Hall–Kier alpha value is -1.75. The first kappa shape index (κ1) is 13.3. The van der Waals surface area contributed by atoms with Crippen molar-refractivity contribution in [3.05, 3.63) is 28.6 Å². The summed E-state index contributed by atoms with van der Waals surface area (Å²) in [6, 6.07) is 1.95. The largest absolute Gasteiger partial charge is 0.433 e. The minimum Gasteiger partial charge on any atom is -0.325 e. The fraction of sp³-hybridized carbons (Fsp3) is 0.333. The van der Waals surface area contributed by atoms with E-state index in [4.69, 9.17) is 11.0 Å². The fourth-order valence-electron chi connectivity index (χ4n) is 1.21. The molecule has 0 aliphatic rings. The van der Waals surface area contributed by atoms with E-state index in [1.54, 1.807) is 0 Å². The average molecular weight is 251 g/mol. The van der Waals surface area contributed by atoms with Gasteiger partial charge in [0, 0.05) is 12.1 Å². The van der Waals surface area contributed by atoms with Crippen LogP contribution in [0.4, 0.5) is 22.0 Å². The molecule has 1 heterocycles. The number of nitriles is 1. The van der Waals surface area contributed by atoms with Crippen molar-refractivity contribution in [2.75, 3.05) is 0 Å². The monoisotopic (exact) mass is 251 g/mol. The van der Waals surface area contributed by atoms with Crippen molar-refractivity contribution in [1.82, 2.24) is 4.98 Å². The molecule has 0 saturated carbocycles. The van der Waals surface area contributed by atoms with Crippen molar-refractivity contribution in [2.45, 2.75) is 19.1 Å². The quantitative estimate of drug-likeness (QED) is 0.820. The van der Waals surface area contributed by atoms with Gasteiger partial charge in [-0.15, -0.1) is 0 Å². The Balaban J connectivity index is 3.53. The van der Waals surface area contributed by atoms with E-state index in [1.807, 2.05) is 0 Å². The van der Waals surface area contributed by atoms with Crippen LogP contribution < -0.4 is 5.73 Å². The summed E-state index contributed by atoms with van der Waals surface area (Å²) < 4.78 is 62.2. The van der Waals surface area contributed by atoms with E-state index in [2.05, 4.69) is 4.98 Å². The van der Waals surface area contributed by atoms with Crippen LogP contribution in [-0.2, 0) is 12.7 Å². The molecule has 0 atom stereocenters. The number of rotatable bonds is 2. The lowest BCUT2D eigenvalue weighted by Crippen LogP contribution is -2.16. The molecule has 0 saturated heterocycles. The van der Waals surface area contributed by atoms with Gasteiger partial charge in [0.1, 0.15) is 6.07 Å². The minimum atomic E-state index is -5.01. The Morgan fingerprint density at radius 3 is 2.35 bits per heavy atom. The van der Waals surface area contributed by atoms with Crippen molar-refractivity contribution < 1.29 is 22.0 Å². The predicted octanol–water partition coefficient (Wildman–Crippen LogP) is 2.37. The Morgan fingerprint density at radius 1 is 1.41 bits per heavy atom. The SMILES string of the molecule is N#Cc1cc(C(F)F)c(C(F)(F)F)nc1CN. The number of pyridine rings is 1. The first-order valence-electron chi connectivity index (χ1n) is 4.30. The summed E-state index contributed by atoms with van der Waals surface area (Å²) in [6.45, 7) is -0.435. The van der Waals surface area contributed by atoms with Gasteiger partial charge in [-0.2, -0.15) is 18.4 Å². The van der Waals surface area contributed by atoms with Gasteiger partial charge >= 0.3 is 6.18 Å². The number of halogens is 5. The van der Waals surface area contributed by atoms with Gasteiger partial charge in [-0.3, -0.25) is 0 Å². The number of hydrogen-bond acceptors (Lipinski definition) is 3. The molecule has 0 unspecified atom stereocenters. The molecule has 0 aromatic carbocycles. The Bertz CT molecular complexity index is 461. The first-order chi connectivity index (χ1) is 7.81. The topological polar surface area (TPSA) is 62.7 Å². The third-order valence-corrected chi connectivity index (χ3v) is 1.95. The molecule has 3 nitrogen and oxygen atoms in total. The van der Waals surface area contributed by atoms with Crippen LogP contribution in [-0.4, -0.2) is 4.98 Å². The molecule has 0 amide bonds. The van der Waals surface area contributed by atoms with Crippen molar-refractivity contribution >= 4 is 0 Å². The molecule has 1 rings (SSSR count). The van der Waals surface area contributed by atoms with E-state index in [-0.39, 0.29) is 11.3 Å². The molecule has 0 spiro atoms. The summed E-state index contributed by atoms with van der Waals surface area (Å²) >= 11 is 0. The zero-order valence-electron chi connectivity index (χ0n) is 8.22. The summed E-state index contributed by atoms with van der Waals surface area (Å²) in [5.41, 5.74) is 1.34. The van der Waals surface area contributed by atoms with E-state index in [0.29, 0.717) is 6.07 Å². The summed E-state index contributed by atoms with van der Waals surface area (Å²) in [7, 11) is 0. The lowest BCUT2D eigenvalue weighted by atomic mass is 10.1. The predicted molar refractivity (Wildman–Crippen MR) is 46.8 cm³/mol. The summed E-state index contributed by atoms with van der Waals surface area (Å²) in [4.78, 5) is 3.00. The molecule has 8 heteroatoms. The fourth-order valence-corrected chi connectivity index (χ4v) is 1.21. The van der Waals surface area contributed by atoms with Crippen LogP contribution in [0.1, 0.15) is 28.9 Å². The smallest absolute Gasteiger partial charge is 0.325 e. The summed E-state index contributed by atoms with van der Waals surface area (Å²) in [6.07, 6.45) is -8.37. The van der Waals surface area contributed by atoms with Crippen LogP contribution in [0.5, 0.6) is 0 Å². The van der Waals surface area contributed by atoms with Gasteiger partial charge in [-0.25, -0.2) is 13.8 Å². The Labute approximate surface area is 92.7 Å². The maximum atomic E-state index is 12.4. The van der Waals surface area contributed by atoms with Gasteiger partial charge in [0.05, 0.1) is 11.3 Å². The van der Waals surface area contributed by atoms with Crippen molar-refractivity contribution in [3.8, 4) is 6.07 Å². The van der Waals surface area contributed by atoms with E-state index in [0.717, 1.165) is 0 Å². The molecule has 1 aromatic heterocycles. The van der Waals surface area contributed by atoms with E-state index in [9.17, 15) is 22.0 Å². The number of alkyl halides is 5. The van der Waals surface area contributed by atoms with Crippen LogP contribution in [0.15, 0.2) is 6.07 Å². The Morgan fingerprint density at radius 2 is 2.00 bits per heavy atom. The second-order valence-corrected chi connectivity index (χ2v) is 3.03. The zero-order valence-corrected chi connectivity index (χ0v) is 8.22. The maximum absolute atomic E-state index is 12.4. The molecule has 0 aliphatic heterocycles. The highest BCUT2D eigenvalue weighted by Crippen LogP contribution is 2.35. The highest BCUT2D eigenvalue weighted by atomic mass is 19.4. The summed E-state index contributed by atoms with van der Waals surface area (Å²) in [5, 5.41) is 8.58. The molecular weight excluding hydrogens is 245 g/mol. The molecule has 1 aromatic rings. The van der Waals surface area contributed by atoms with Crippen molar-refractivity contribution in [3.63, 3.8) is 0 Å². The highest BCUT2D eigenvalue weighted by Gasteiger charge is 2.38. The second-order valence-electron chi connectivity index (χ2n) is 3.03. The van der Waals surface area contributed by atoms with Gasteiger partial charge in [-0.1, -0.05) is 0 Å². The standard InChI is InChI=1S/C9H6F5N3/c10-8(11)5-1-4(2-15)6(3-16)17-7(5)9(12,13)14/h1,8H,3,16H2. The molecule has 0 fully saturated rings. The molecule has 2 N–H and O–H groups in total. The first-order valence-corrected chi connectivity index (χ1v) is 4.30. The summed E-state index contributed by atoms with van der Waals surface area (Å²) in [5.74, 6) is 0. The number of nitrogens with zero attached hydrogens (tertiary/aromatic N) is 2. The van der Waals surface area contributed by atoms with Gasteiger partial charge in [0.2, 0.25) is 0 Å². The normalized spacial score (nSPS) is 11.6. The van der Waals surface area contributed by atoms with Gasteiger partial charge in [0.25, 0.3) is 6.43 Å². The van der Waals surface area contributed by atoms with Crippen LogP contribution >= 0.6 is 0 Å². The van der Waals surface area contributed by atoms with Crippen molar-refractivity contribution in [2.24, 2.45) is 5.73 Å². The number of hydrogen-bond donors (Lipinski definition) is 1. The lowest BCUT2D eigenvalue weighted by molar-refractivity contribution is -0.143. The molecule has 0 radical (unpaired) electrons. The second kappa shape index (κ2) is 4.63. The van der Waals surface area contributed by atoms with Crippen LogP contribution in [0, 0.1) is 11.3 Å². The lowest BCUT2D eigenvalue weighted by Gasteiger charge is -2.13.